The van der Waals surface area contributed by atoms with Crippen molar-refractivity contribution >= 4 is 16.7 Å². The third-order valence-electron chi connectivity index (χ3n) is 5.24. The number of halogens is 3. The summed E-state index contributed by atoms with van der Waals surface area (Å²) in [5, 5.41) is 17.2. The van der Waals surface area contributed by atoms with Crippen LogP contribution in [0.3, 0.4) is 0 Å². The summed E-state index contributed by atoms with van der Waals surface area (Å²) in [5.41, 5.74) is 1.53. The van der Waals surface area contributed by atoms with E-state index < -0.39 is 18.0 Å². The Balaban J connectivity index is 1.53. The Morgan fingerprint density at radius 1 is 1.32 bits per heavy atom. The van der Waals surface area contributed by atoms with Gasteiger partial charge in [0, 0.05) is 44.8 Å². The molecule has 0 spiro atoms. The fourth-order valence-electron chi connectivity index (χ4n) is 3.61. The standard InChI is InChI=1S/C19H22F3N5O4/c1-26(3-4-29-2)7-11-8-27(9-11)15-6-12(5-13-16(15)25-31-24-13)18-23-14(10-30-18)17(28)19(20,21)22/h5-6,10-11,17,28H,3-4,7-9H2,1-2H3. The number of oxazole rings is 1. The molecule has 1 N–H and O–H groups in total. The monoisotopic (exact) mass is 441 g/mol. The van der Waals surface area contributed by atoms with Gasteiger partial charge in [0.05, 0.1) is 12.3 Å². The number of aromatic nitrogens is 3. The number of nitrogens with zero attached hydrogens (tertiary/aromatic N) is 5. The zero-order valence-corrected chi connectivity index (χ0v) is 17.0. The van der Waals surface area contributed by atoms with Gasteiger partial charge in [-0.15, -0.1) is 0 Å². The molecule has 0 bridgehead atoms. The van der Waals surface area contributed by atoms with Gasteiger partial charge in [-0.05, 0) is 29.5 Å². The van der Waals surface area contributed by atoms with Gasteiger partial charge in [-0.1, -0.05) is 0 Å². The fourth-order valence-corrected chi connectivity index (χ4v) is 3.61. The van der Waals surface area contributed by atoms with E-state index in [1.165, 1.54) is 0 Å². The van der Waals surface area contributed by atoms with Gasteiger partial charge in [-0.3, -0.25) is 0 Å². The highest BCUT2D eigenvalue weighted by Crippen LogP contribution is 2.37. The number of hydrogen-bond acceptors (Lipinski definition) is 9. The topological polar surface area (TPSA) is 101 Å². The zero-order valence-electron chi connectivity index (χ0n) is 17.0. The first-order valence-electron chi connectivity index (χ1n) is 9.65. The average molecular weight is 441 g/mol. The molecule has 1 atom stereocenters. The summed E-state index contributed by atoms with van der Waals surface area (Å²) in [6.07, 6.45) is -6.75. The zero-order chi connectivity index (χ0) is 22.2. The summed E-state index contributed by atoms with van der Waals surface area (Å²) in [7, 11) is 3.71. The molecule has 1 unspecified atom stereocenters. The Labute approximate surface area is 175 Å². The molecule has 3 heterocycles. The van der Waals surface area contributed by atoms with Gasteiger partial charge < -0.3 is 24.1 Å². The van der Waals surface area contributed by atoms with E-state index in [-0.39, 0.29) is 5.89 Å². The van der Waals surface area contributed by atoms with Crippen LogP contribution in [0.25, 0.3) is 22.5 Å². The van der Waals surface area contributed by atoms with Crippen LogP contribution < -0.4 is 4.90 Å². The Morgan fingerprint density at radius 2 is 2.10 bits per heavy atom. The Bertz CT molecular complexity index is 1030. The minimum Gasteiger partial charge on any atom is -0.444 e. The molecule has 1 aliphatic rings. The van der Waals surface area contributed by atoms with E-state index in [4.69, 9.17) is 13.8 Å². The summed E-state index contributed by atoms with van der Waals surface area (Å²) >= 11 is 0. The number of methoxy groups -OCH3 is 1. The fraction of sp³-hybridized carbons (Fsp3) is 0.526. The van der Waals surface area contributed by atoms with E-state index in [1.807, 2.05) is 7.05 Å². The molecule has 0 radical (unpaired) electrons. The number of rotatable bonds is 8. The number of aliphatic hydroxyl groups excluding tert-OH is 1. The number of anilines is 1. The van der Waals surface area contributed by atoms with Crippen molar-refractivity contribution in [2.75, 3.05) is 51.8 Å². The molecule has 31 heavy (non-hydrogen) atoms. The second-order valence-electron chi connectivity index (χ2n) is 7.68. The summed E-state index contributed by atoms with van der Waals surface area (Å²) in [4.78, 5) is 8.11. The van der Waals surface area contributed by atoms with Gasteiger partial charge in [-0.25, -0.2) is 9.61 Å². The van der Waals surface area contributed by atoms with Crippen molar-refractivity contribution in [3.05, 3.63) is 24.1 Å². The van der Waals surface area contributed by atoms with E-state index in [9.17, 15) is 18.3 Å². The molecule has 9 nitrogen and oxygen atoms in total. The minimum atomic E-state index is -4.83. The van der Waals surface area contributed by atoms with Crippen LogP contribution in [0.2, 0.25) is 0 Å². The van der Waals surface area contributed by atoms with Crippen LogP contribution in [-0.4, -0.2) is 78.4 Å². The third kappa shape index (κ3) is 4.50. The lowest BCUT2D eigenvalue weighted by molar-refractivity contribution is -0.207. The first-order chi connectivity index (χ1) is 14.8. The third-order valence-corrected chi connectivity index (χ3v) is 5.24. The van der Waals surface area contributed by atoms with E-state index >= 15 is 0 Å². The van der Waals surface area contributed by atoms with Crippen molar-refractivity contribution in [1.82, 2.24) is 20.2 Å². The predicted octanol–water partition coefficient (Wildman–Crippen LogP) is 2.49. The largest absolute Gasteiger partial charge is 0.444 e. The minimum absolute atomic E-state index is 0.0548. The van der Waals surface area contributed by atoms with E-state index in [0.717, 1.165) is 38.1 Å². The predicted molar refractivity (Wildman–Crippen MR) is 103 cm³/mol. The molecule has 1 aromatic carbocycles. The van der Waals surface area contributed by atoms with E-state index in [1.54, 1.807) is 19.2 Å². The molecule has 4 rings (SSSR count). The molecular formula is C19H22F3N5O4. The number of fused-ring (bicyclic) bond motifs is 1. The Kier molecular flexibility index (Phi) is 5.86. The maximum atomic E-state index is 12.8. The highest BCUT2D eigenvalue weighted by atomic mass is 19.4. The number of hydrogen-bond donors (Lipinski definition) is 1. The van der Waals surface area contributed by atoms with Crippen molar-refractivity contribution in [2.45, 2.75) is 12.3 Å². The number of ether oxygens (including phenoxy) is 1. The highest BCUT2D eigenvalue weighted by molar-refractivity contribution is 5.92. The molecule has 12 heteroatoms. The number of aliphatic hydroxyl groups is 1. The van der Waals surface area contributed by atoms with Crippen molar-refractivity contribution in [3.63, 3.8) is 0 Å². The van der Waals surface area contributed by atoms with Gasteiger partial charge in [0.25, 0.3) is 0 Å². The van der Waals surface area contributed by atoms with E-state index in [0.29, 0.717) is 29.1 Å². The van der Waals surface area contributed by atoms with Gasteiger partial charge in [0.1, 0.15) is 17.5 Å². The molecule has 0 saturated carbocycles. The first-order valence-corrected chi connectivity index (χ1v) is 9.65. The van der Waals surface area contributed by atoms with Crippen LogP contribution in [0.1, 0.15) is 11.8 Å². The lowest BCUT2D eigenvalue weighted by Gasteiger charge is -2.42. The van der Waals surface area contributed by atoms with Crippen LogP contribution in [0.4, 0.5) is 18.9 Å². The molecular weight excluding hydrogens is 419 g/mol. The Morgan fingerprint density at radius 3 is 2.81 bits per heavy atom. The summed E-state index contributed by atoms with van der Waals surface area (Å²) in [5.74, 6) is 0.400. The molecule has 1 saturated heterocycles. The smallest absolute Gasteiger partial charge is 0.420 e. The average Bonchev–Trinajstić information content (AvgIpc) is 3.36. The Hall–Kier alpha value is -2.70. The summed E-state index contributed by atoms with van der Waals surface area (Å²) in [6, 6.07) is 3.30. The highest BCUT2D eigenvalue weighted by Gasteiger charge is 2.41. The second-order valence-corrected chi connectivity index (χ2v) is 7.68. The molecule has 3 aromatic rings. The SMILES string of the molecule is COCCN(C)CC1CN(c2cc(-c3nc(C(O)C(F)(F)F)co3)cc3nonc23)C1. The van der Waals surface area contributed by atoms with Crippen LogP contribution in [0, 0.1) is 5.92 Å². The van der Waals surface area contributed by atoms with Crippen LogP contribution in [0.5, 0.6) is 0 Å². The van der Waals surface area contributed by atoms with Crippen LogP contribution in [-0.2, 0) is 4.74 Å². The van der Waals surface area contributed by atoms with Gasteiger partial charge in [-0.2, -0.15) is 13.2 Å². The number of benzene rings is 1. The van der Waals surface area contributed by atoms with Crippen molar-refractivity contribution < 1.29 is 32.1 Å². The molecule has 0 amide bonds. The quantitative estimate of drug-likeness (QED) is 0.565. The lowest BCUT2D eigenvalue weighted by Crippen LogP contribution is -2.51. The first kappa shape index (κ1) is 21.5. The van der Waals surface area contributed by atoms with E-state index in [2.05, 4.69) is 25.1 Å². The van der Waals surface area contributed by atoms with Crippen molar-refractivity contribution in [2.24, 2.45) is 5.92 Å². The normalized spacial score (nSPS) is 16.3. The van der Waals surface area contributed by atoms with Gasteiger partial charge in [0.2, 0.25) is 5.89 Å². The second kappa shape index (κ2) is 8.44. The van der Waals surface area contributed by atoms with Crippen molar-refractivity contribution in [3.8, 4) is 11.5 Å². The summed E-state index contributed by atoms with van der Waals surface area (Å²) in [6.45, 7) is 3.99. The molecule has 1 fully saturated rings. The number of alkyl halides is 3. The summed E-state index contributed by atoms with van der Waals surface area (Å²) < 4.78 is 53.4. The van der Waals surface area contributed by atoms with Crippen LogP contribution >= 0.6 is 0 Å². The lowest BCUT2D eigenvalue weighted by atomic mass is 9.97. The number of likely N-dealkylation sites (N-methyl/N-ethyl adjacent to an activating group) is 1. The van der Waals surface area contributed by atoms with Gasteiger partial charge in [0.15, 0.2) is 11.6 Å². The maximum Gasteiger partial charge on any atom is 0.420 e. The van der Waals surface area contributed by atoms with Crippen LogP contribution in [0.15, 0.2) is 27.4 Å². The molecule has 2 aromatic heterocycles. The maximum absolute atomic E-state index is 12.8. The molecule has 1 aliphatic heterocycles. The van der Waals surface area contributed by atoms with Gasteiger partial charge >= 0.3 is 6.18 Å². The van der Waals surface area contributed by atoms with Crippen molar-refractivity contribution in [1.29, 1.82) is 0 Å². The molecule has 0 aliphatic carbocycles. The molecule has 168 valence electrons.